The van der Waals surface area contributed by atoms with Gasteiger partial charge >= 0.3 is 0 Å². The molecule has 2 aromatic heterocycles. The first kappa shape index (κ1) is 14.0. The highest BCUT2D eigenvalue weighted by atomic mass is 15.1. The summed E-state index contributed by atoms with van der Waals surface area (Å²) in [6.45, 7) is 0. The van der Waals surface area contributed by atoms with Gasteiger partial charge in [0, 0.05) is 17.0 Å². The molecule has 4 rings (SSSR count). The zero-order chi connectivity index (χ0) is 15.8. The van der Waals surface area contributed by atoms with Crippen LogP contribution < -0.4 is 0 Å². The van der Waals surface area contributed by atoms with Gasteiger partial charge in [0.05, 0.1) is 0 Å². The van der Waals surface area contributed by atoms with Crippen molar-refractivity contribution in [3.8, 4) is 12.1 Å². The maximum atomic E-state index is 9.29. The lowest BCUT2D eigenvalue weighted by Crippen LogP contribution is -2.10. The number of hydrogen-bond donors (Lipinski definition) is 0. The van der Waals surface area contributed by atoms with Crippen molar-refractivity contribution < 1.29 is 0 Å². The first-order chi connectivity index (χ1) is 11.3. The number of fused-ring (bicyclic) bond motifs is 3. The third-order valence-electron chi connectivity index (χ3n) is 4.85. The molecule has 0 spiro atoms. The van der Waals surface area contributed by atoms with Gasteiger partial charge in [-0.15, -0.1) is 0 Å². The third kappa shape index (κ3) is 2.12. The molecular weight excluding hydrogens is 286 g/mol. The van der Waals surface area contributed by atoms with Crippen LogP contribution in [0, 0.1) is 22.7 Å². The van der Waals surface area contributed by atoms with Gasteiger partial charge in [-0.05, 0) is 51.4 Å². The normalized spacial score (nSPS) is 17.2. The predicted molar refractivity (Wildman–Crippen MR) is 86.3 cm³/mol. The highest BCUT2D eigenvalue weighted by Gasteiger charge is 2.25. The molecule has 0 aliphatic heterocycles. The Bertz CT molecular complexity index is 904. The quantitative estimate of drug-likeness (QED) is 0.808. The minimum Gasteiger partial charge on any atom is -0.301 e. The Morgan fingerprint density at radius 2 is 1.65 bits per heavy atom. The average molecular weight is 303 g/mol. The smallest absolute Gasteiger partial charge is 0.179 e. The number of rotatable bonds is 1. The van der Waals surface area contributed by atoms with Crippen molar-refractivity contribution in [1.82, 2.24) is 14.5 Å². The van der Waals surface area contributed by atoms with Crippen molar-refractivity contribution >= 4 is 16.9 Å². The Hall–Kier alpha value is -2.66. The van der Waals surface area contributed by atoms with E-state index in [2.05, 4.69) is 20.6 Å². The van der Waals surface area contributed by atoms with Crippen molar-refractivity contribution in [2.24, 2.45) is 0 Å². The Kier molecular flexibility index (Phi) is 3.35. The molecule has 0 fully saturated rings. The minimum atomic E-state index is 0.132. The number of nitrogens with zero attached hydrogens (tertiary/aromatic N) is 5. The van der Waals surface area contributed by atoms with Crippen LogP contribution >= 0.6 is 0 Å². The summed E-state index contributed by atoms with van der Waals surface area (Å²) in [4.78, 5) is 9.02. The van der Waals surface area contributed by atoms with Gasteiger partial charge in [0.2, 0.25) is 0 Å². The first-order valence-electron chi connectivity index (χ1n) is 8.27. The van der Waals surface area contributed by atoms with E-state index in [0.29, 0.717) is 0 Å². The summed E-state index contributed by atoms with van der Waals surface area (Å²) in [5.74, 6) is 0. The van der Waals surface area contributed by atoms with Gasteiger partial charge in [0.1, 0.15) is 17.7 Å². The summed E-state index contributed by atoms with van der Waals surface area (Å²) in [6.07, 6.45) is 11.2. The van der Waals surface area contributed by atoms with Crippen LogP contribution in [0.1, 0.15) is 61.2 Å². The van der Waals surface area contributed by atoms with E-state index < -0.39 is 0 Å². The van der Waals surface area contributed by atoms with Crippen LogP contribution in [-0.2, 0) is 12.8 Å². The number of hydrogen-bond acceptors (Lipinski definition) is 4. The second-order valence-corrected chi connectivity index (χ2v) is 6.23. The maximum absolute atomic E-state index is 9.29. The lowest BCUT2D eigenvalue weighted by Gasteiger charge is -2.20. The summed E-state index contributed by atoms with van der Waals surface area (Å²) in [5, 5.41) is 18.5. The average Bonchev–Trinajstić information content (AvgIpc) is 2.94. The SMILES string of the molecule is N#Cc1nc2c3c(n(C4=CCCCC4)c2nc1C#N)CCCC3. The van der Waals surface area contributed by atoms with Gasteiger partial charge in [-0.25, -0.2) is 9.97 Å². The molecule has 0 N–H and O–H groups in total. The first-order valence-corrected chi connectivity index (χ1v) is 8.27. The van der Waals surface area contributed by atoms with E-state index in [9.17, 15) is 10.5 Å². The van der Waals surface area contributed by atoms with Crippen LogP contribution in [0.25, 0.3) is 16.9 Å². The van der Waals surface area contributed by atoms with Crippen molar-refractivity contribution in [3.63, 3.8) is 0 Å². The minimum absolute atomic E-state index is 0.132. The largest absolute Gasteiger partial charge is 0.301 e. The van der Waals surface area contributed by atoms with Crippen molar-refractivity contribution in [1.29, 1.82) is 10.5 Å². The lowest BCUT2D eigenvalue weighted by molar-refractivity contribution is 0.655. The molecule has 23 heavy (non-hydrogen) atoms. The number of aryl methyl sites for hydroxylation is 1. The highest BCUT2D eigenvalue weighted by molar-refractivity contribution is 5.83. The summed E-state index contributed by atoms with van der Waals surface area (Å²) >= 11 is 0. The van der Waals surface area contributed by atoms with Crippen LogP contribution in [0.3, 0.4) is 0 Å². The molecule has 2 aliphatic carbocycles. The Morgan fingerprint density at radius 3 is 2.39 bits per heavy atom. The lowest BCUT2D eigenvalue weighted by atomic mass is 9.96. The molecular formula is C18H17N5. The maximum Gasteiger partial charge on any atom is 0.179 e. The molecule has 0 aromatic carbocycles. The summed E-state index contributed by atoms with van der Waals surface area (Å²) in [7, 11) is 0. The summed E-state index contributed by atoms with van der Waals surface area (Å²) < 4.78 is 2.23. The monoisotopic (exact) mass is 303 g/mol. The molecule has 0 unspecified atom stereocenters. The zero-order valence-corrected chi connectivity index (χ0v) is 13.0. The Labute approximate surface area is 134 Å². The van der Waals surface area contributed by atoms with Gasteiger partial charge in [0.25, 0.3) is 0 Å². The fourth-order valence-electron chi connectivity index (χ4n) is 3.79. The molecule has 0 amide bonds. The van der Waals surface area contributed by atoms with E-state index in [1.807, 2.05) is 12.1 Å². The van der Waals surface area contributed by atoms with Crippen LogP contribution in [0.2, 0.25) is 0 Å². The fourth-order valence-corrected chi connectivity index (χ4v) is 3.79. The van der Waals surface area contributed by atoms with Crippen molar-refractivity contribution in [2.75, 3.05) is 0 Å². The van der Waals surface area contributed by atoms with Gasteiger partial charge in [0.15, 0.2) is 17.0 Å². The topological polar surface area (TPSA) is 78.3 Å². The third-order valence-corrected chi connectivity index (χ3v) is 4.85. The number of aromatic nitrogens is 3. The molecule has 2 aliphatic rings. The highest BCUT2D eigenvalue weighted by Crippen LogP contribution is 2.35. The fraction of sp³-hybridized carbons (Fsp3) is 0.444. The van der Waals surface area contributed by atoms with E-state index >= 15 is 0 Å². The van der Waals surface area contributed by atoms with Crippen molar-refractivity contribution in [2.45, 2.75) is 51.4 Å². The molecule has 5 nitrogen and oxygen atoms in total. The second kappa shape index (κ2) is 5.52. The van der Waals surface area contributed by atoms with Gasteiger partial charge in [-0.2, -0.15) is 10.5 Å². The zero-order valence-electron chi connectivity index (χ0n) is 13.0. The molecule has 0 atom stereocenters. The van der Waals surface area contributed by atoms with E-state index in [0.717, 1.165) is 43.3 Å². The molecule has 5 heteroatoms. The molecule has 2 heterocycles. The van der Waals surface area contributed by atoms with Crippen LogP contribution in [0.5, 0.6) is 0 Å². The van der Waals surface area contributed by atoms with Crippen LogP contribution in [0.15, 0.2) is 6.08 Å². The molecule has 0 saturated carbocycles. The van der Waals surface area contributed by atoms with Crippen LogP contribution in [0.4, 0.5) is 0 Å². The van der Waals surface area contributed by atoms with E-state index in [1.165, 1.54) is 36.2 Å². The summed E-state index contributed by atoms with van der Waals surface area (Å²) in [5.41, 5.74) is 5.66. The van der Waals surface area contributed by atoms with Gasteiger partial charge in [-0.3, -0.25) is 0 Å². The standard InChI is InChI=1S/C18H17N5/c19-10-14-15(11-20)22-18-17(21-14)13-8-4-5-9-16(13)23(18)12-6-2-1-3-7-12/h6H,1-5,7-9H2. The van der Waals surface area contributed by atoms with Gasteiger partial charge in [-0.1, -0.05) is 6.08 Å². The molecule has 0 radical (unpaired) electrons. The molecule has 0 bridgehead atoms. The van der Waals surface area contributed by atoms with E-state index in [-0.39, 0.29) is 11.4 Å². The predicted octanol–water partition coefficient (Wildman–Crippen LogP) is 3.47. The molecule has 114 valence electrons. The van der Waals surface area contributed by atoms with E-state index in [4.69, 9.17) is 0 Å². The number of nitriles is 2. The van der Waals surface area contributed by atoms with Crippen LogP contribution in [-0.4, -0.2) is 14.5 Å². The summed E-state index contributed by atoms with van der Waals surface area (Å²) in [6, 6.07) is 4.03. The Morgan fingerprint density at radius 1 is 0.913 bits per heavy atom. The van der Waals surface area contributed by atoms with Gasteiger partial charge < -0.3 is 4.57 Å². The number of allylic oxidation sites excluding steroid dienone is 2. The molecule has 2 aromatic rings. The van der Waals surface area contributed by atoms with E-state index in [1.54, 1.807) is 0 Å². The molecule has 0 saturated heterocycles. The van der Waals surface area contributed by atoms with Crippen molar-refractivity contribution in [3.05, 3.63) is 28.7 Å². The second-order valence-electron chi connectivity index (χ2n) is 6.23. The Balaban J connectivity index is 2.06.